The van der Waals surface area contributed by atoms with Gasteiger partial charge >= 0.3 is 0 Å². The van der Waals surface area contributed by atoms with Gasteiger partial charge in [0.15, 0.2) is 0 Å². The smallest absolute Gasteiger partial charge is 0.236 e. The summed E-state index contributed by atoms with van der Waals surface area (Å²) in [5.41, 5.74) is 1.10. The molecule has 0 unspecified atom stereocenters. The molecule has 0 bridgehead atoms. The fourth-order valence-electron chi connectivity index (χ4n) is 1.54. The summed E-state index contributed by atoms with van der Waals surface area (Å²) in [7, 11) is 1.81. The highest BCUT2D eigenvalue weighted by atomic mass is 16.2. The Bertz CT molecular complexity index is 359. The van der Waals surface area contributed by atoms with Crippen molar-refractivity contribution in [2.45, 2.75) is 33.4 Å². The van der Waals surface area contributed by atoms with Crippen LogP contribution in [0.5, 0.6) is 0 Å². The maximum absolute atomic E-state index is 11.6. The molecule has 17 heavy (non-hydrogen) atoms. The standard InChI is InChI=1S/C12H22N4O/c1-5-15(4)12(17)8-13-6-11-7-14-9-16(11)10(2)3/h7,9-10,13H,5-6,8H2,1-4H3. The van der Waals surface area contributed by atoms with Gasteiger partial charge in [0, 0.05) is 32.4 Å². The number of aromatic nitrogens is 2. The zero-order valence-electron chi connectivity index (χ0n) is 11.1. The quantitative estimate of drug-likeness (QED) is 0.805. The molecule has 1 N–H and O–H groups in total. The van der Waals surface area contributed by atoms with Gasteiger partial charge in [-0.15, -0.1) is 0 Å². The lowest BCUT2D eigenvalue weighted by molar-refractivity contribution is -0.128. The number of carbonyl (C=O) groups is 1. The predicted molar refractivity (Wildman–Crippen MR) is 67.6 cm³/mol. The van der Waals surface area contributed by atoms with E-state index in [0.717, 1.165) is 12.2 Å². The number of likely N-dealkylation sites (N-methyl/N-ethyl adjacent to an activating group) is 1. The van der Waals surface area contributed by atoms with Crippen molar-refractivity contribution in [3.05, 3.63) is 18.2 Å². The summed E-state index contributed by atoms with van der Waals surface area (Å²) in [6.07, 6.45) is 3.66. The number of nitrogens with zero attached hydrogens (tertiary/aromatic N) is 3. The van der Waals surface area contributed by atoms with Gasteiger partial charge in [-0.25, -0.2) is 4.98 Å². The second-order valence-electron chi connectivity index (χ2n) is 4.40. The summed E-state index contributed by atoms with van der Waals surface area (Å²) in [4.78, 5) is 17.4. The Morgan fingerprint density at radius 2 is 2.29 bits per heavy atom. The van der Waals surface area contributed by atoms with Crippen molar-refractivity contribution in [2.24, 2.45) is 0 Å². The van der Waals surface area contributed by atoms with E-state index in [0.29, 0.717) is 19.1 Å². The molecule has 1 aromatic rings. The van der Waals surface area contributed by atoms with Crippen LogP contribution >= 0.6 is 0 Å². The first-order valence-electron chi connectivity index (χ1n) is 6.01. The van der Waals surface area contributed by atoms with Crippen molar-refractivity contribution in [2.75, 3.05) is 20.1 Å². The monoisotopic (exact) mass is 238 g/mol. The van der Waals surface area contributed by atoms with E-state index in [-0.39, 0.29) is 5.91 Å². The largest absolute Gasteiger partial charge is 0.345 e. The van der Waals surface area contributed by atoms with Crippen LogP contribution in [0, 0.1) is 0 Å². The topological polar surface area (TPSA) is 50.2 Å². The first kappa shape index (κ1) is 13.7. The Morgan fingerprint density at radius 3 is 2.88 bits per heavy atom. The summed E-state index contributed by atoms with van der Waals surface area (Å²) in [6, 6.07) is 0.392. The van der Waals surface area contributed by atoms with E-state index in [1.807, 2.05) is 26.5 Å². The number of hydrogen-bond acceptors (Lipinski definition) is 3. The highest BCUT2D eigenvalue weighted by Crippen LogP contribution is 2.08. The minimum Gasteiger partial charge on any atom is -0.345 e. The molecular formula is C12H22N4O. The molecule has 0 aliphatic rings. The van der Waals surface area contributed by atoms with Gasteiger partial charge in [0.25, 0.3) is 0 Å². The Hall–Kier alpha value is -1.36. The maximum atomic E-state index is 11.6. The number of amides is 1. The van der Waals surface area contributed by atoms with Crippen LogP contribution < -0.4 is 5.32 Å². The maximum Gasteiger partial charge on any atom is 0.236 e. The number of imidazole rings is 1. The first-order chi connectivity index (χ1) is 8.06. The Morgan fingerprint density at radius 1 is 1.59 bits per heavy atom. The van der Waals surface area contributed by atoms with E-state index in [1.54, 1.807) is 4.90 Å². The van der Waals surface area contributed by atoms with Gasteiger partial charge in [0.05, 0.1) is 18.6 Å². The molecule has 1 aromatic heterocycles. The minimum absolute atomic E-state index is 0.114. The van der Waals surface area contributed by atoms with Gasteiger partial charge in [0.1, 0.15) is 0 Å². The first-order valence-corrected chi connectivity index (χ1v) is 6.01. The van der Waals surface area contributed by atoms with E-state index < -0.39 is 0 Å². The Labute approximate surface area is 103 Å². The minimum atomic E-state index is 0.114. The molecule has 96 valence electrons. The molecular weight excluding hydrogens is 216 g/mol. The summed E-state index contributed by atoms with van der Waals surface area (Å²) in [5.74, 6) is 0.114. The van der Waals surface area contributed by atoms with Crippen LogP contribution in [0.1, 0.15) is 32.5 Å². The molecule has 0 fully saturated rings. The normalized spacial score (nSPS) is 10.9. The fraction of sp³-hybridized carbons (Fsp3) is 0.667. The summed E-state index contributed by atoms with van der Waals surface area (Å²) in [6.45, 7) is 7.97. The molecule has 0 aliphatic heterocycles. The molecule has 0 saturated heterocycles. The van der Waals surface area contributed by atoms with Crippen molar-refractivity contribution in [1.29, 1.82) is 0 Å². The van der Waals surface area contributed by atoms with Gasteiger partial charge in [-0.3, -0.25) is 4.79 Å². The fourth-order valence-corrected chi connectivity index (χ4v) is 1.54. The molecule has 5 heteroatoms. The third kappa shape index (κ3) is 3.85. The zero-order chi connectivity index (χ0) is 12.8. The van der Waals surface area contributed by atoms with E-state index in [2.05, 4.69) is 28.7 Å². The van der Waals surface area contributed by atoms with Crippen molar-refractivity contribution >= 4 is 5.91 Å². The van der Waals surface area contributed by atoms with Crippen LogP contribution in [0.25, 0.3) is 0 Å². The molecule has 0 spiro atoms. The SMILES string of the molecule is CCN(C)C(=O)CNCc1cncn1C(C)C. The van der Waals surface area contributed by atoms with Gasteiger partial charge < -0.3 is 14.8 Å². The van der Waals surface area contributed by atoms with Crippen LogP contribution in [0.2, 0.25) is 0 Å². The highest BCUT2D eigenvalue weighted by Gasteiger charge is 2.08. The second kappa shape index (κ2) is 6.39. The van der Waals surface area contributed by atoms with E-state index >= 15 is 0 Å². The van der Waals surface area contributed by atoms with Crippen LogP contribution in [-0.4, -0.2) is 40.5 Å². The molecule has 0 radical (unpaired) electrons. The van der Waals surface area contributed by atoms with Crippen molar-refractivity contribution in [3.63, 3.8) is 0 Å². The summed E-state index contributed by atoms with van der Waals surface area (Å²) < 4.78 is 2.10. The van der Waals surface area contributed by atoms with Gasteiger partial charge in [-0.05, 0) is 20.8 Å². The van der Waals surface area contributed by atoms with Crippen LogP contribution in [0.3, 0.4) is 0 Å². The highest BCUT2D eigenvalue weighted by molar-refractivity contribution is 5.77. The van der Waals surface area contributed by atoms with Gasteiger partial charge in [-0.1, -0.05) is 0 Å². The van der Waals surface area contributed by atoms with Gasteiger partial charge in [0.2, 0.25) is 5.91 Å². The Balaban J connectivity index is 2.41. The third-order valence-electron chi connectivity index (χ3n) is 2.79. The van der Waals surface area contributed by atoms with Gasteiger partial charge in [-0.2, -0.15) is 0 Å². The van der Waals surface area contributed by atoms with E-state index in [4.69, 9.17) is 0 Å². The lowest BCUT2D eigenvalue weighted by atomic mass is 10.3. The number of carbonyl (C=O) groups excluding carboxylic acids is 1. The lowest BCUT2D eigenvalue weighted by Crippen LogP contribution is -2.35. The molecule has 1 heterocycles. The van der Waals surface area contributed by atoms with Crippen molar-refractivity contribution in [3.8, 4) is 0 Å². The molecule has 0 aliphatic carbocycles. The van der Waals surface area contributed by atoms with Crippen LogP contribution in [-0.2, 0) is 11.3 Å². The molecule has 0 atom stereocenters. The second-order valence-corrected chi connectivity index (χ2v) is 4.40. The van der Waals surface area contributed by atoms with Crippen LogP contribution in [0.15, 0.2) is 12.5 Å². The number of hydrogen-bond donors (Lipinski definition) is 1. The summed E-state index contributed by atoms with van der Waals surface area (Å²) >= 11 is 0. The zero-order valence-corrected chi connectivity index (χ0v) is 11.1. The van der Waals surface area contributed by atoms with Crippen molar-refractivity contribution < 1.29 is 4.79 Å². The molecule has 5 nitrogen and oxygen atoms in total. The Kier molecular flexibility index (Phi) is 5.15. The number of nitrogens with one attached hydrogen (secondary N) is 1. The molecule has 0 saturated carbocycles. The van der Waals surface area contributed by atoms with E-state index in [9.17, 15) is 4.79 Å². The predicted octanol–water partition coefficient (Wildman–Crippen LogP) is 1.03. The molecule has 0 aromatic carbocycles. The lowest BCUT2D eigenvalue weighted by Gasteiger charge is -2.15. The summed E-state index contributed by atoms with van der Waals surface area (Å²) in [5, 5.41) is 3.15. The third-order valence-corrected chi connectivity index (χ3v) is 2.79. The number of rotatable bonds is 6. The van der Waals surface area contributed by atoms with Crippen LogP contribution in [0.4, 0.5) is 0 Å². The molecule has 1 rings (SSSR count). The van der Waals surface area contributed by atoms with E-state index in [1.165, 1.54) is 0 Å². The average molecular weight is 238 g/mol. The molecule has 1 amide bonds. The van der Waals surface area contributed by atoms with Crippen molar-refractivity contribution in [1.82, 2.24) is 19.8 Å². The average Bonchev–Trinajstić information content (AvgIpc) is 2.76.